The molecule has 0 saturated carbocycles. The summed E-state index contributed by atoms with van der Waals surface area (Å²) in [6.45, 7) is 9.18. The van der Waals surface area contributed by atoms with Gasteiger partial charge in [-0.15, -0.1) is 0 Å². The zero-order chi connectivity index (χ0) is 19.3. The van der Waals surface area contributed by atoms with Gasteiger partial charge in [-0.2, -0.15) is 0 Å². The van der Waals surface area contributed by atoms with Crippen molar-refractivity contribution in [3.05, 3.63) is 53.1 Å². The van der Waals surface area contributed by atoms with E-state index in [1.807, 2.05) is 19.1 Å². The van der Waals surface area contributed by atoms with Crippen molar-refractivity contribution in [1.82, 2.24) is 5.32 Å². The number of aliphatic hydroxyl groups is 1. The van der Waals surface area contributed by atoms with Crippen LogP contribution < -0.4 is 15.4 Å². The lowest BCUT2D eigenvalue weighted by atomic mass is 10.0. The molecular formula is C21H30N2O3. The second-order valence-corrected chi connectivity index (χ2v) is 7.58. The van der Waals surface area contributed by atoms with E-state index in [2.05, 4.69) is 37.5 Å². The normalized spacial score (nSPS) is 12.7. The molecular weight excluding hydrogens is 328 g/mol. The molecule has 0 radical (unpaired) electrons. The van der Waals surface area contributed by atoms with Crippen LogP contribution in [0.15, 0.2) is 36.4 Å². The molecule has 1 unspecified atom stereocenters. The maximum atomic E-state index is 10.4. The molecule has 0 aliphatic rings. The number of aromatic hydroxyl groups is 1. The Hall–Kier alpha value is -2.24. The second kappa shape index (κ2) is 8.43. The Kier molecular flexibility index (Phi) is 6.51. The van der Waals surface area contributed by atoms with Gasteiger partial charge in [-0.3, -0.25) is 0 Å². The molecule has 2 aromatic rings. The highest BCUT2D eigenvalue weighted by Crippen LogP contribution is 2.28. The molecule has 2 rings (SSSR count). The monoisotopic (exact) mass is 358 g/mol. The van der Waals surface area contributed by atoms with E-state index in [-0.39, 0.29) is 11.3 Å². The second-order valence-electron chi connectivity index (χ2n) is 7.58. The molecule has 0 aliphatic heterocycles. The van der Waals surface area contributed by atoms with Crippen molar-refractivity contribution in [3.63, 3.8) is 0 Å². The summed E-state index contributed by atoms with van der Waals surface area (Å²) in [5.74, 6) is 1.02. The lowest BCUT2D eigenvalue weighted by molar-refractivity contribution is 0.163. The van der Waals surface area contributed by atoms with Gasteiger partial charge in [0.2, 0.25) is 0 Å². The number of methoxy groups -OCH3 is 1. The highest BCUT2D eigenvalue weighted by atomic mass is 16.5. The summed E-state index contributed by atoms with van der Waals surface area (Å²) >= 11 is 0. The number of phenols is 1. The quantitative estimate of drug-likeness (QED) is 0.568. The number of benzene rings is 2. The fourth-order valence-electron chi connectivity index (χ4n) is 2.67. The minimum atomic E-state index is -0.640. The smallest absolute Gasteiger partial charge is 0.138 e. The predicted octanol–water partition coefficient (Wildman–Crippen LogP) is 3.74. The van der Waals surface area contributed by atoms with Gasteiger partial charge in [-0.1, -0.05) is 18.2 Å². The number of hydrogen-bond acceptors (Lipinski definition) is 5. The summed E-state index contributed by atoms with van der Waals surface area (Å²) in [7, 11) is 1.66. The summed E-state index contributed by atoms with van der Waals surface area (Å²) < 4.78 is 5.28. The van der Waals surface area contributed by atoms with Gasteiger partial charge in [0.25, 0.3) is 0 Å². The van der Waals surface area contributed by atoms with Crippen molar-refractivity contribution in [1.29, 1.82) is 0 Å². The van der Waals surface area contributed by atoms with Crippen LogP contribution in [0.2, 0.25) is 0 Å². The number of rotatable bonds is 7. The van der Waals surface area contributed by atoms with Crippen LogP contribution in [0.4, 0.5) is 5.69 Å². The molecule has 1 atom stereocenters. The molecule has 2 aromatic carbocycles. The van der Waals surface area contributed by atoms with Gasteiger partial charge in [0, 0.05) is 18.6 Å². The van der Waals surface area contributed by atoms with Crippen LogP contribution in [0.25, 0.3) is 0 Å². The number of nitrogens with one attached hydrogen (secondary N) is 2. The molecule has 26 heavy (non-hydrogen) atoms. The number of hydrogen-bond donors (Lipinski definition) is 4. The highest BCUT2D eigenvalue weighted by molar-refractivity contribution is 5.58. The van der Waals surface area contributed by atoms with Gasteiger partial charge < -0.3 is 25.6 Å². The Morgan fingerprint density at radius 3 is 2.46 bits per heavy atom. The van der Waals surface area contributed by atoms with Crippen molar-refractivity contribution >= 4 is 5.69 Å². The Morgan fingerprint density at radius 2 is 1.85 bits per heavy atom. The molecule has 0 aliphatic carbocycles. The first-order valence-corrected chi connectivity index (χ1v) is 8.83. The molecule has 0 saturated heterocycles. The number of phenolic OH excluding ortho intramolecular Hbond substituents is 1. The van der Waals surface area contributed by atoms with E-state index < -0.39 is 6.10 Å². The van der Waals surface area contributed by atoms with Crippen molar-refractivity contribution in [3.8, 4) is 11.5 Å². The summed E-state index contributed by atoms with van der Waals surface area (Å²) in [5, 5.41) is 27.0. The fourth-order valence-corrected chi connectivity index (χ4v) is 2.67. The van der Waals surface area contributed by atoms with Crippen LogP contribution in [-0.4, -0.2) is 29.4 Å². The third-order valence-corrected chi connectivity index (χ3v) is 4.17. The summed E-state index contributed by atoms with van der Waals surface area (Å²) in [5.41, 5.74) is 3.45. The summed E-state index contributed by atoms with van der Waals surface area (Å²) in [6, 6.07) is 11.1. The Labute approximate surface area is 156 Å². The summed E-state index contributed by atoms with van der Waals surface area (Å²) in [4.78, 5) is 0. The van der Waals surface area contributed by atoms with E-state index in [4.69, 9.17) is 4.74 Å². The molecule has 0 heterocycles. The van der Waals surface area contributed by atoms with Crippen LogP contribution >= 0.6 is 0 Å². The predicted molar refractivity (Wildman–Crippen MR) is 106 cm³/mol. The number of anilines is 1. The molecule has 5 nitrogen and oxygen atoms in total. The third-order valence-electron chi connectivity index (χ3n) is 4.17. The van der Waals surface area contributed by atoms with E-state index in [1.165, 1.54) is 0 Å². The molecule has 0 amide bonds. The van der Waals surface area contributed by atoms with Gasteiger partial charge in [0.1, 0.15) is 11.5 Å². The van der Waals surface area contributed by atoms with Gasteiger partial charge in [0.05, 0.1) is 18.9 Å². The number of aryl methyl sites for hydroxylation is 1. The lowest BCUT2D eigenvalue weighted by Gasteiger charge is -2.23. The largest absolute Gasteiger partial charge is 0.506 e. The average molecular weight is 358 g/mol. The van der Waals surface area contributed by atoms with E-state index in [0.717, 1.165) is 22.4 Å². The van der Waals surface area contributed by atoms with Crippen molar-refractivity contribution in [2.45, 2.75) is 45.9 Å². The van der Waals surface area contributed by atoms with Crippen LogP contribution in [0.3, 0.4) is 0 Å². The fraction of sp³-hybridized carbons (Fsp3) is 0.429. The molecule has 0 aromatic heterocycles. The highest BCUT2D eigenvalue weighted by Gasteiger charge is 2.15. The average Bonchev–Trinajstić information content (AvgIpc) is 2.58. The van der Waals surface area contributed by atoms with Crippen LogP contribution in [0, 0.1) is 6.92 Å². The van der Waals surface area contributed by atoms with Gasteiger partial charge in [-0.25, -0.2) is 0 Å². The molecule has 0 spiro atoms. The van der Waals surface area contributed by atoms with E-state index >= 15 is 0 Å². The standard InChI is InChI=1S/C21H30N2O3/c1-14-10-15(6-9-20(14)26-5)12-22-17-11-16(7-8-18(17)24)19(25)13-23-21(2,3)4/h6-11,19,22-25H,12-13H2,1-5H3. The zero-order valence-corrected chi connectivity index (χ0v) is 16.3. The number of aliphatic hydroxyl groups excluding tert-OH is 1. The number of β-amino-alcohol motifs (C(OH)–C–C–N with tert-alkyl or cyclic N) is 1. The van der Waals surface area contributed by atoms with Gasteiger partial charge in [-0.05, 0) is 62.6 Å². The molecule has 0 bridgehead atoms. The Morgan fingerprint density at radius 1 is 1.12 bits per heavy atom. The van der Waals surface area contributed by atoms with Gasteiger partial charge >= 0.3 is 0 Å². The zero-order valence-electron chi connectivity index (χ0n) is 16.3. The van der Waals surface area contributed by atoms with Crippen LogP contribution in [0.5, 0.6) is 11.5 Å². The Balaban J connectivity index is 2.06. The summed E-state index contributed by atoms with van der Waals surface area (Å²) in [6.07, 6.45) is -0.640. The van der Waals surface area contributed by atoms with Crippen molar-refractivity contribution in [2.75, 3.05) is 19.0 Å². The molecule has 142 valence electrons. The van der Waals surface area contributed by atoms with Gasteiger partial charge in [0.15, 0.2) is 0 Å². The first-order chi connectivity index (χ1) is 12.2. The maximum Gasteiger partial charge on any atom is 0.138 e. The van der Waals surface area contributed by atoms with Crippen LogP contribution in [-0.2, 0) is 6.54 Å². The van der Waals surface area contributed by atoms with Crippen molar-refractivity contribution in [2.24, 2.45) is 0 Å². The minimum absolute atomic E-state index is 0.0643. The topological polar surface area (TPSA) is 73.8 Å². The van der Waals surface area contributed by atoms with Crippen molar-refractivity contribution < 1.29 is 14.9 Å². The minimum Gasteiger partial charge on any atom is -0.506 e. The van der Waals surface area contributed by atoms with E-state index in [1.54, 1.807) is 25.3 Å². The SMILES string of the molecule is COc1ccc(CNc2cc(C(O)CNC(C)(C)C)ccc2O)cc1C. The lowest BCUT2D eigenvalue weighted by Crippen LogP contribution is -2.38. The third kappa shape index (κ3) is 5.64. The maximum absolute atomic E-state index is 10.4. The molecule has 4 N–H and O–H groups in total. The van der Waals surface area contributed by atoms with E-state index in [9.17, 15) is 10.2 Å². The number of ether oxygens (including phenoxy) is 1. The first-order valence-electron chi connectivity index (χ1n) is 8.83. The van der Waals surface area contributed by atoms with Crippen LogP contribution in [0.1, 0.15) is 43.6 Å². The Bertz CT molecular complexity index is 739. The molecule has 0 fully saturated rings. The molecule has 5 heteroatoms. The first kappa shape index (κ1) is 20.1. The van der Waals surface area contributed by atoms with E-state index in [0.29, 0.717) is 18.8 Å².